The Labute approximate surface area is 383 Å². The van der Waals surface area contributed by atoms with Crippen molar-refractivity contribution < 1.29 is 24.2 Å². The number of carbonyl (C=O) groups is 2. The van der Waals surface area contributed by atoms with E-state index in [4.69, 9.17) is 24.5 Å². The second-order valence-corrected chi connectivity index (χ2v) is 19.5. The predicted molar refractivity (Wildman–Crippen MR) is 262 cm³/mol. The molecule has 0 spiro atoms. The van der Waals surface area contributed by atoms with Crippen molar-refractivity contribution >= 4 is 29.1 Å². The van der Waals surface area contributed by atoms with Gasteiger partial charge in [-0.2, -0.15) is 0 Å². The van der Waals surface area contributed by atoms with E-state index in [-0.39, 0.29) is 36.6 Å². The van der Waals surface area contributed by atoms with Crippen molar-refractivity contribution in [3.8, 4) is 0 Å². The predicted octanol–water partition coefficient (Wildman–Crippen LogP) is 13.0. The van der Waals surface area contributed by atoms with Crippen LogP contribution < -0.4 is 5.32 Å². The Morgan fingerprint density at radius 3 is 2.19 bits per heavy atom. The van der Waals surface area contributed by atoms with Gasteiger partial charge in [0.2, 0.25) is 0 Å². The lowest BCUT2D eigenvalue weighted by Crippen LogP contribution is -2.25. The minimum atomic E-state index is -1.08. The normalized spacial score (nSPS) is 22.8. The number of aliphatic hydroxyl groups excluding tert-OH is 1. The lowest BCUT2D eigenvalue weighted by molar-refractivity contribution is -0.144. The van der Waals surface area contributed by atoms with E-state index in [0.29, 0.717) is 29.0 Å². The molecule has 1 saturated heterocycles. The molecular formula is C55H74N4O5. The molecule has 1 fully saturated rings. The molecular weight excluding hydrogens is 797 g/mol. The summed E-state index contributed by atoms with van der Waals surface area (Å²) in [6.07, 6.45) is 22.7. The molecule has 0 aromatic rings. The molecule has 0 unspecified atom stereocenters. The van der Waals surface area contributed by atoms with Gasteiger partial charge in [0.05, 0.1) is 41.3 Å². The molecule has 0 aromatic heterocycles. The summed E-state index contributed by atoms with van der Waals surface area (Å²) in [5.74, 6) is -0.0182. The van der Waals surface area contributed by atoms with Gasteiger partial charge in [-0.3, -0.25) is 9.59 Å². The maximum Gasteiger partial charge on any atom is 0.321 e. The number of allylic oxidation sites excluding steroid dienone is 12. The molecule has 5 atom stereocenters. The second-order valence-electron chi connectivity index (χ2n) is 19.5. The molecule has 9 heteroatoms. The Hall–Kier alpha value is -5.05. The van der Waals surface area contributed by atoms with E-state index in [1.165, 1.54) is 57.6 Å². The molecule has 9 nitrogen and oxygen atoms in total. The number of esters is 2. The number of rotatable bonds is 20. The molecule has 0 aromatic carbocycles. The molecule has 8 bridgehead atoms. The highest BCUT2D eigenvalue weighted by atomic mass is 16.5. The molecule has 0 saturated carbocycles. The van der Waals surface area contributed by atoms with Gasteiger partial charge in [0.15, 0.2) is 0 Å². The van der Waals surface area contributed by atoms with Gasteiger partial charge in [-0.15, -0.1) is 0 Å². The third kappa shape index (κ3) is 10.6. The van der Waals surface area contributed by atoms with Crippen LogP contribution in [-0.2, 0) is 19.1 Å². The zero-order valence-electron chi connectivity index (χ0n) is 40.7. The summed E-state index contributed by atoms with van der Waals surface area (Å²) in [5.41, 5.74) is 13.3. The van der Waals surface area contributed by atoms with Gasteiger partial charge < -0.3 is 19.9 Å². The van der Waals surface area contributed by atoms with E-state index in [0.717, 1.165) is 99.1 Å². The highest BCUT2D eigenvalue weighted by Crippen LogP contribution is 2.49. The Morgan fingerprint density at radius 2 is 1.53 bits per heavy atom. The van der Waals surface area contributed by atoms with E-state index in [9.17, 15) is 14.7 Å². The highest BCUT2D eigenvalue weighted by molar-refractivity contribution is 6.24. The van der Waals surface area contributed by atoms with Crippen molar-refractivity contribution in [3.63, 3.8) is 0 Å². The Balaban J connectivity index is 1.20. The summed E-state index contributed by atoms with van der Waals surface area (Å²) in [6, 6.07) is 0. The van der Waals surface area contributed by atoms with Crippen LogP contribution in [0.2, 0.25) is 0 Å². The van der Waals surface area contributed by atoms with E-state index < -0.39 is 11.9 Å². The van der Waals surface area contributed by atoms with Crippen molar-refractivity contribution in [2.75, 3.05) is 13.7 Å². The van der Waals surface area contributed by atoms with Crippen molar-refractivity contribution in [2.24, 2.45) is 50.5 Å². The average molecular weight is 871 g/mol. The number of carbonyl (C=O) groups excluding carboxylic acids is 2. The summed E-state index contributed by atoms with van der Waals surface area (Å²) in [6.45, 7) is 26.2. The van der Waals surface area contributed by atoms with Crippen LogP contribution in [0.15, 0.2) is 131 Å². The number of aliphatic imine (C=N–C) groups is 3. The zero-order chi connectivity index (χ0) is 46.4. The highest BCUT2D eigenvalue weighted by Gasteiger charge is 2.49. The second kappa shape index (κ2) is 21.3. The smallest absolute Gasteiger partial charge is 0.321 e. The Kier molecular flexibility index (Phi) is 16.1. The molecule has 6 rings (SSSR count). The molecule has 0 radical (unpaired) electrons. The van der Waals surface area contributed by atoms with Crippen molar-refractivity contribution in [3.05, 3.63) is 116 Å². The van der Waals surface area contributed by atoms with Crippen molar-refractivity contribution in [1.29, 1.82) is 0 Å². The fourth-order valence-corrected chi connectivity index (χ4v) is 10.2. The van der Waals surface area contributed by atoms with Crippen LogP contribution in [0.4, 0.5) is 0 Å². The molecule has 5 aliphatic heterocycles. The monoisotopic (exact) mass is 871 g/mol. The van der Waals surface area contributed by atoms with Gasteiger partial charge in [-0.05, 0) is 118 Å². The molecule has 6 aliphatic rings. The number of aliphatic hydroxyl groups is 1. The Bertz CT molecular complexity index is 2300. The maximum absolute atomic E-state index is 13.6. The fourth-order valence-electron chi connectivity index (χ4n) is 10.2. The molecule has 344 valence electrons. The number of fused-ring (bicyclic) bond motifs is 5. The van der Waals surface area contributed by atoms with Crippen molar-refractivity contribution in [1.82, 2.24) is 5.32 Å². The summed E-state index contributed by atoms with van der Waals surface area (Å²) in [7, 11) is 1.33. The van der Waals surface area contributed by atoms with Crippen LogP contribution in [0, 0.1) is 35.5 Å². The number of nitrogens with zero attached hydrogens (tertiary/aromatic N) is 3. The number of ether oxygens (including phenoxy) is 2. The topological polar surface area (TPSA) is 122 Å². The fraction of sp³-hybridized carbons (Fsp3) is 0.545. The van der Waals surface area contributed by atoms with E-state index in [1.807, 2.05) is 38.2 Å². The number of hydrogen-bond donors (Lipinski definition) is 2. The van der Waals surface area contributed by atoms with Gasteiger partial charge >= 0.3 is 11.9 Å². The van der Waals surface area contributed by atoms with Crippen LogP contribution in [0.5, 0.6) is 0 Å². The standard InChI is InChI=1S/C55H74N4O5/c1-13-39-35(8)42-28-44-37(10)41(24-25-48(60)64-27-26-34(7)23-17-22-33(6)21-16-20-32(5)19-15-18-31(3)4)52(58-44)50-51(55(62)63-12)54(61)49-38(11)45(59-53(49)50)30-47-40(14-2)36(9)43(57-47)29-46(39)56-42/h13,26,28-33,37,41,51,58,61H,1,14-25,27H2,2-12H3/t32-,33-,37-,41-,51+/m1/s1. The molecule has 1 aliphatic carbocycles. The van der Waals surface area contributed by atoms with Crippen LogP contribution >= 0.6 is 0 Å². The van der Waals surface area contributed by atoms with E-state index in [2.05, 4.69) is 73.4 Å². The average Bonchev–Trinajstić information content (AvgIpc) is 3.99. The molecule has 2 N–H and O–H groups in total. The van der Waals surface area contributed by atoms with Gasteiger partial charge in [-0.1, -0.05) is 105 Å². The first kappa shape index (κ1) is 48.4. The number of methoxy groups -OCH3 is 1. The first-order chi connectivity index (χ1) is 30.6. The maximum atomic E-state index is 13.6. The third-order valence-corrected chi connectivity index (χ3v) is 14.3. The largest absolute Gasteiger partial charge is 0.510 e. The van der Waals surface area contributed by atoms with Gasteiger partial charge in [-0.25, -0.2) is 15.0 Å². The van der Waals surface area contributed by atoms with Gasteiger partial charge in [0.1, 0.15) is 18.3 Å². The zero-order valence-corrected chi connectivity index (χ0v) is 40.7. The lowest BCUT2D eigenvalue weighted by Gasteiger charge is -2.20. The summed E-state index contributed by atoms with van der Waals surface area (Å²) in [4.78, 5) is 42.4. The van der Waals surface area contributed by atoms with E-state index >= 15 is 0 Å². The first-order valence-electron chi connectivity index (χ1n) is 24.1. The van der Waals surface area contributed by atoms with Crippen LogP contribution in [0.3, 0.4) is 0 Å². The van der Waals surface area contributed by atoms with E-state index in [1.54, 1.807) is 0 Å². The molecule has 0 amide bonds. The SMILES string of the molecule is C=CC1=C(C)C2=NC1=CC1=NC(=CC3=C(C)C4=C(O)[C@@H](C(=O)OC)C(=C5NC(=C2)[C@H](C)[C@H]5CCC(=O)OCC=C(C)CCC[C@H](C)CCC[C@H](C)CCCC(C)C)C4=N3)C(CC)=C1C. The van der Waals surface area contributed by atoms with Crippen LogP contribution in [0.1, 0.15) is 146 Å². The first-order valence-corrected chi connectivity index (χ1v) is 24.1. The van der Waals surface area contributed by atoms with Crippen molar-refractivity contribution in [2.45, 2.75) is 146 Å². The quantitative estimate of drug-likeness (QED) is 0.0928. The minimum absolute atomic E-state index is 0.0838. The van der Waals surface area contributed by atoms with Crippen LogP contribution in [-0.4, -0.2) is 47.9 Å². The van der Waals surface area contributed by atoms with Gasteiger partial charge in [0, 0.05) is 46.4 Å². The molecule has 5 heterocycles. The lowest BCUT2D eigenvalue weighted by atomic mass is 9.84. The summed E-state index contributed by atoms with van der Waals surface area (Å²) in [5, 5.41) is 15.6. The number of hydrogen-bond acceptors (Lipinski definition) is 9. The minimum Gasteiger partial charge on any atom is -0.510 e. The Morgan fingerprint density at radius 1 is 0.875 bits per heavy atom. The summed E-state index contributed by atoms with van der Waals surface area (Å²) >= 11 is 0. The third-order valence-electron chi connectivity index (χ3n) is 14.3. The number of nitrogens with one attached hydrogen (secondary N) is 1. The summed E-state index contributed by atoms with van der Waals surface area (Å²) < 4.78 is 11.1. The van der Waals surface area contributed by atoms with Gasteiger partial charge in [0.25, 0.3) is 0 Å². The van der Waals surface area contributed by atoms with Crippen LogP contribution in [0.25, 0.3) is 0 Å². The molecule has 64 heavy (non-hydrogen) atoms.